The number of halogens is 3. The highest BCUT2D eigenvalue weighted by Crippen LogP contribution is 2.38. The second-order valence-corrected chi connectivity index (χ2v) is 10.1. The van der Waals surface area contributed by atoms with Gasteiger partial charge >= 0.3 is 26.4 Å². The van der Waals surface area contributed by atoms with Crippen molar-refractivity contribution in [3.8, 4) is 21.7 Å². The molecule has 13 nitrogen and oxygen atoms in total. The van der Waals surface area contributed by atoms with Crippen LogP contribution in [0.2, 0.25) is 0 Å². The van der Waals surface area contributed by atoms with E-state index in [-0.39, 0.29) is 44.1 Å². The van der Waals surface area contributed by atoms with Crippen molar-refractivity contribution in [1.82, 2.24) is 24.8 Å². The SMILES string of the molecule is CCNC(=O)Nc1cc(-c2nc(C(F)(F)F)cs2)c(-c2cnc3c(c2)c(=O)c(C(=O)OCCO[P+](=O)[O-])cn3CC)cn1. The predicted octanol–water partition coefficient (Wildman–Crippen LogP) is 3.95. The van der Waals surface area contributed by atoms with Crippen LogP contribution in [0.5, 0.6) is 0 Å². The number of anilines is 1. The van der Waals surface area contributed by atoms with Crippen molar-refractivity contribution in [2.45, 2.75) is 26.6 Å². The number of esters is 1. The van der Waals surface area contributed by atoms with Gasteiger partial charge in [0.1, 0.15) is 35.2 Å². The first-order valence-electron chi connectivity index (χ1n) is 12.5. The molecule has 1 atom stereocenters. The molecule has 0 fully saturated rings. The van der Waals surface area contributed by atoms with E-state index in [1.807, 2.05) is 0 Å². The fourth-order valence-corrected chi connectivity index (χ4v) is 4.99. The minimum atomic E-state index is -4.69. The van der Waals surface area contributed by atoms with Gasteiger partial charge in [0.25, 0.3) is 0 Å². The van der Waals surface area contributed by atoms with Crippen LogP contribution in [-0.2, 0) is 26.5 Å². The Hall–Kier alpha value is -4.31. The van der Waals surface area contributed by atoms with Gasteiger partial charge in [-0.2, -0.15) is 13.2 Å². The number of ether oxygens (including phenoxy) is 1. The first kappa shape index (κ1) is 31.6. The highest BCUT2D eigenvalue weighted by atomic mass is 32.1. The molecule has 2 N–H and O–H groups in total. The quantitative estimate of drug-likeness (QED) is 0.147. The molecule has 4 heterocycles. The Morgan fingerprint density at radius 2 is 1.91 bits per heavy atom. The molecule has 0 aliphatic carbocycles. The van der Waals surface area contributed by atoms with Crippen LogP contribution in [0.15, 0.2) is 40.9 Å². The third kappa shape index (κ3) is 7.37. The van der Waals surface area contributed by atoms with Gasteiger partial charge in [0, 0.05) is 53.8 Å². The number of hydrogen-bond acceptors (Lipinski definition) is 11. The fourth-order valence-electron chi connectivity index (χ4n) is 3.91. The lowest BCUT2D eigenvalue weighted by Gasteiger charge is -2.14. The number of hydrogen-bond donors (Lipinski definition) is 2. The maximum Gasteiger partial charge on any atom is 0.488 e. The normalized spacial score (nSPS) is 11.8. The van der Waals surface area contributed by atoms with Crippen molar-refractivity contribution in [3.63, 3.8) is 0 Å². The fraction of sp³-hybridized carbons (Fsp3) is 0.280. The molecule has 4 rings (SSSR count). The Balaban J connectivity index is 1.82. The summed E-state index contributed by atoms with van der Waals surface area (Å²) in [6, 6.07) is 2.18. The van der Waals surface area contributed by atoms with E-state index >= 15 is 0 Å². The summed E-state index contributed by atoms with van der Waals surface area (Å²) < 4.78 is 61.4. The van der Waals surface area contributed by atoms with E-state index in [2.05, 4.69) is 30.1 Å². The van der Waals surface area contributed by atoms with E-state index in [0.29, 0.717) is 13.1 Å². The Bertz CT molecular complexity index is 1760. The standard InChI is InChI=1S/C25H22F3N6O7PS/c1-3-29-24(37)33-19-8-14(22-32-18(12-43-22)25(26,27)28)16(10-30-19)13-7-15-20(35)17(11-34(4-2)21(15)31-9-13)23(36)40-5-6-41-42(38)39/h7-12H,3-6H2,1-2H3,(H2,29,30,33,37). The molecule has 0 radical (unpaired) electrons. The van der Waals surface area contributed by atoms with Gasteiger partial charge in [-0.1, -0.05) is 0 Å². The van der Waals surface area contributed by atoms with Crippen molar-refractivity contribution < 1.29 is 41.5 Å². The molecular weight excluding hydrogens is 616 g/mol. The summed E-state index contributed by atoms with van der Waals surface area (Å²) in [7, 11) is -3.14. The van der Waals surface area contributed by atoms with E-state index in [0.717, 1.165) is 16.7 Å². The molecule has 0 bridgehead atoms. The number of rotatable bonds is 10. The van der Waals surface area contributed by atoms with Crippen LogP contribution in [0, 0.1) is 0 Å². The zero-order valence-electron chi connectivity index (χ0n) is 22.4. The lowest BCUT2D eigenvalue weighted by atomic mass is 10.0. The zero-order valence-corrected chi connectivity index (χ0v) is 24.1. The number of fused-ring (bicyclic) bond motifs is 1. The molecule has 0 saturated carbocycles. The Morgan fingerprint density at radius 1 is 1.14 bits per heavy atom. The van der Waals surface area contributed by atoms with E-state index in [1.54, 1.807) is 13.8 Å². The molecule has 43 heavy (non-hydrogen) atoms. The highest BCUT2D eigenvalue weighted by molar-refractivity contribution is 7.30. The van der Waals surface area contributed by atoms with Crippen molar-refractivity contribution in [2.24, 2.45) is 0 Å². The summed E-state index contributed by atoms with van der Waals surface area (Å²) in [5.41, 5.74) is -1.29. The topological polar surface area (TPSA) is 177 Å². The number of alkyl halides is 3. The van der Waals surface area contributed by atoms with Gasteiger partial charge in [-0.05, 0) is 30.5 Å². The maximum absolute atomic E-state index is 13.4. The van der Waals surface area contributed by atoms with Crippen LogP contribution in [-0.4, -0.2) is 51.3 Å². The summed E-state index contributed by atoms with van der Waals surface area (Å²) in [5.74, 6) is -0.985. The number of aryl methyl sites for hydroxylation is 1. The molecule has 0 aliphatic rings. The average molecular weight is 639 g/mol. The second kappa shape index (κ2) is 13.3. The first-order valence-corrected chi connectivity index (χ1v) is 14.5. The number of carbonyl (C=O) groups excluding carboxylic acids is 2. The van der Waals surface area contributed by atoms with Crippen LogP contribution >= 0.6 is 19.6 Å². The van der Waals surface area contributed by atoms with Crippen LogP contribution < -0.4 is 21.0 Å². The molecule has 226 valence electrons. The van der Waals surface area contributed by atoms with E-state index in [4.69, 9.17) is 4.74 Å². The largest absolute Gasteiger partial charge is 0.566 e. The van der Waals surface area contributed by atoms with Gasteiger partial charge in [0.2, 0.25) is 5.43 Å². The molecule has 4 aromatic rings. The monoisotopic (exact) mass is 638 g/mol. The third-order valence-corrected chi connectivity index (χ3v) is 7.07. The van der Waals surface area contributed by atoms with E-state index < -0.39 is 50.8 Å². The van der Waals surface area contributed by atoms with Gasteiger partial charge in [-0.3, -0.25) is 10.1 Å². The minimum Gasteiger partial charge on any atom is -0.566 e. The van der Waals surface area contributed by atoms with Crippen LogP contribution in [0.1, 0.15) is 29.9 Å². The summed E-state index contributed by atoms with van der Waals surface area (Å²) in [4.78, 5) is 60.9. The number of pyridine rings is 3. The number of nitrogens with one attached hydrogen (secondary N) is 2. The van der Waals surface area contributed by atoms with Gasteiger partial charge in [0.05, 0.1) is 5.39 Å². The minimum absolute atomic E-state index is 0.00159. The van der Waals surface area contributed by atoms with Gasteiger partial charge in [-0.25, -0.2) is 24.5 Å². The number of nitrogens with zero attached hydrogens (tertiary/aromatic N) is 4. The predicted molar refractivity (Wildman–Crippen MR) is 148 cm³/mol. The van der Waals surface area contributed by atoms with Crippen molar-refractivity contribution in [1.29, 1.82) is 0 Å². The molecule has 18 heteroatoms. The molecule has 0 aromatic carbocycles. The summed E-state index contributed by atoms with van der Waals surface area (Å²) in [5, 5.41) is 5.85. The van der Waals surface area contributed by atoms with Crippen LogP contribution in [0.25, 0.3) is 32.7 Å². The van der Waals surface area contributed by atoms with Crippen molar-refractivity contribution in [2.75, 3.05) is 25.1 Å². The molecule has 1 unspecified atom stereocenters. The van der Waals surface area contributed by atoms with E-state index in [1.165, 1.54) is 35.3 Å². The summed E-state index contributed by atoms with van der Waals surface area (Å²) in [6.45, 7) is 3.21. The Kier molecular flexibility index (Phi) is 9.80. The highest BCUT2D eigenvalue weighted by Gasteiger charge is 2.34. The number of carbonyl (C=O) groups is 2. The van der Waals surface area contributed by atoms with E-state index in [9.17, 15) is 37.0 Å². The first-order chi connectivity index (χ1) is 20.4. The molecule has 0 aliphatic heterocycles. The second-order valence-electron chi connectivity index (χ2n) is 8.58. The maximum atomic E-state index is 13.4. The molecule has 2 amide bonds. The third-order valence-electron chi connectivity index (χ3n) is 5.81. The number of amides is 2. The summed E-state index contributed by atoms with van der Waals surface area (Å²) in [6.07, 6.45) is -0.740. The van der Waals surface area contributed by atoms with Crippen molar-refractivity contribution in [3.05, 3.63) is 57.6 Å². The molecule has 0 saturated heterocycles. The lowest BCUT2D eigenvalue weighted by Crippen LogP contribution is -2.28. The zero-order chi connectivity index (χ0) is 31.3. The summed E-state index contributed by atoms with van der Waals surface area (Å²) >= 11 is 0.724. The van der Waals surface area contributed by atoms with Gasteiger partial charge in [-0.15, -0.1) is 15.9 Å². The Labute approximate surface area is 245 Å². The van der Waals surface area contributed by atoms with Gasteiger partial charge in [0.15, 0.2) is 5.69 Å². The number of urea groups is 1. The molecule has 0 spiro atoms. The van der Waals surface area contributed by atoms with Gasteiger partial charge < -0.3 is 19.5 Å². The van der Waals surface area contributed by atoms with Crippen molar-refractivity contribution >= 4 is 48.4 Å². The number of aromatic nitrogens is 4. The molecular formula is C25H22F3N6O7PS. The lowest BCUT2D eigenvalue weighted by molar-refractivity contribution is -0.186. The number of thiazole rings is 1. The average Bonchev–Trinajstić information content (AvgIpc) is 3.47. The van der Waals surface area contributed by atoms with Crippen LogP contribution in [0.4, 0.5) is 23.8 Å². The molecule has 4 aromatic heterocycles. The smallest absolute Gasteiger partial charge is 0.488 e. The Morgan fingerprint density at radius 3 is 2.56 bits per heavy atom. The van der Waals surface area contributed by atoms with Crippen LogP contribution in [0.3, 0.4) is 0 Å².